The molecule has 0 fully saturated rings. The molecular formula is C15H28INO5. The van der Waals surface area contributed by atoms with E-state index in [1.165, 1.54) is 23.7 Å². The van der Waals surface area contributed by atoms with Crippen LogP contribution in [0.5, 0.6) is 0 Å². The number of hydrogen-bond acceptors (Lipinski definition) is 4. The van der Waals surface area contributed by atoms with Gasteiger partial charge in [0.15, 0.2) is 0 Å². The zero-order valence-corrected chi connectivity index (χ0v) is 15.3. The number of amides is 1. The number of aliphatic carboxylic acids is 1. The minimum absolute atomic E-state index is 0.0296. The molecule has 0 aliphatic heterocycles. The number of halogens is 1. The number of carboxylic acids is 1. The van der Waals surface area contributed by atoms with Crippen LogP contribution in [0.2, 0.25) is 0 Å². The van der Waals surface area contributed by atoms with Crippen LogP contribution in [-0.4, -0.2) is 54.4 Å². The molecule has 2 N–H and O–H groups in total. The van der Waals surface area contributed by atoms with Crippen LogP contribution in [-0.2, 0) is 19.1 Å². The largest absolute Gasteiger partial charge is 0.481 e. The molecule has 130 valence electrons. The lowest BCUT2D eigenvalue weighted by Crippen LogP contribution is -2.25. The molecule has 0 rings (SSSR count). The van der Waals surface area contributed by atoms with E-state index < -0.39 is 5.97 Å². The lowest BCUT2D eigenvalue weighted by molar-refractivity contribution is -0.138. The van der Waals surface area contributed by atoms with E-state index in [9.17, 15) is 9.59 Å². The van der Waals surface area contributed by atoms with Crippen molar-refractivity contribution >= 4 is 34.5 Å². The zero-order chi connectivity index (χ0) is 16.5. The molecule has 0 radical (unpaired) electrons. The molecule has 0 spiro atoms. The highest BCUT2D eigenvalue weighted by Gasteiger charge is 2.03. The number of carbonyl (C=O) groups is 2. The molecule has 0 aromatic carbocycles. The molecule has 0 atom stereocenters. The summed E-state index contributed by atoms with van der Waals surface area (Å²) < 4.78 is 12.1. The average Bonchev–Trinajstić information content (AvgIpc) is 2.49. The van der Waals surface area contributed by atoms with Crippen LogP contribution in [0.25, 0.3) is 0 Å². The first-order valence-corrected chi connectivity index (χ1v) is 9.39. The van der Waals surface area contributed by atoms with Crippen LogP contribution in [0.4, 0.5) is 0 Å². The molecular weight excluding hydrogens is 401 g/mol. The molecule has 0 aliphatic rings. The summed E-state index contributed by atoms with van der Waals surface area (Å²) in [4.78, 5) is 21.5. The second-order valence-electron chi connectivity index (χ2n) is 4.93. The van der Waals surface area contributed by atoms with Crippen LogP contribution in [0, 0.1) is 0 Å². The van der Waals surface area contributed by atoms with Crippen molar-refractivity contribution in [2.45, 2.75) is 44.9 Å². The molecule has 0 saturated carbocycles. The van der Waals surface area contributed by atoms with Crippen molar-refractivity contribution in [3.63, 3.8) is 0 Å². The normalized spacial score (nSPS) is 10.6. The van der Waals surface area contributed by atoms with E-state index in [4.69, 9.17) is 14.6 Å². The number of rotatable bonds is 16. The fraction of sp³-hybridized carbons (Fsp3) is 0.867. The van der Waals surface area contributed by atoms with E-state index in [1.54, 1.807) is 0 Å². The van der Waals surface area contributed by atoms with Gasteiger partial charge in [-0.25, -0.2) is 0 Å². The molecule has 1 amide bonds. The van der Waals surface area contributed by atoms with Crippen LogP contribution in [0.3, 0.4) is 0 Å². The third-order valence-corrected chi connectivity index (χ3v) is 3.66. The number of unbranched alkanes of at least 4 members (excludes halogenated alkanes) is 3. The summed E-state index contributed by atoms with van der Waals surface area (Å²) in [6, 6.07) is 0. The first-order chi connectivity index (χ1) is 10.7. The maximum atomic E-state index is 11.2. The summed E-state index contributed by atoms with van der Waals surface area (Å²) >= 11 is 2.40. The van der Waals surface area contributed by atoms with E-state index in [-0.39, 0.29) is 18.7 Å². The molecule has 6 nitrogen and oxygen atoms in total. The maximum Gasteiger partial charge on any atom is 0.303 e. The highest BCUT2D eigenvalue weighted by molar-refractivity contribution is 14.1. The molecule has 22 heavy (non-hydrogen) atoms. The average molecular weight is 429 g/mol. The molecule has 0 unspecified atom stereocenters. The van der Waals surface area contributed by atoms with Crippen molar-refractivity contribution in [3.05, 3.63) is 0 Å². The van der Waals surface area contributed by atoms with Gasteiger partial charge in [0.25, 0.3) is 0 Å². The van der Waals surface area contributed by atoms with E-state index in [0.717, 1.165) is 19.4 Å². The molecule has 0 aromatic rings. The Labute approximate surface area is 146 Å². The van der Waals surface area contributed by atoms with Crippen LogP contribution >= 0.6 is 22.6 Å². The second-order valence-corrected chi connectivity index (χ2v) is 6.00. The Morgan fingerprint density at radius 3 is 2.14 bits per heavy atom. The summed E-state index contributed by atoms with van der Waals surface area (Å²) in [6.45, 7) is 3.05. The SMILES string of the molecule is O=C(O)CCC(=O)NCCCOCCOCCCCCCI. The van der Waals surface area contributed by atoms with Gasteiger partial charge in [-0.2, -0.15) is 0 Å². The monoisotopic (exact) mass is 429 g/mol. The van der Waals surface area contributed by atoms with Crippen molar-refractivity contribution in [2.24, 2.45) is 0 Å². The Balaban J connectivity index is 3.11. The maximum absolute atomic E-state index is 11.2. The van der Waals surface area contributed by atoms with Gasteiger partial charge >= 0.3 is 5.97 Å². The first-order valence-electron chi connectivity index (χ1n) is 7.86. The Morgan fingerprint density at radius 1 is 0.864 bits per heavy atom. The minimum atomic E-state index is -0.955. The lowest BCUT2D eigenvalue weighted by atomic mass is 10.2. The molecule has 0 heterocycles. The Kier molecular flexibility index (Phi) is 16.6. The van der Waals surface area contributed by atoms with Crippen LogP contribution in [0.1, 0.15) is 44.9 Å². The number of ether oxygens (including phenoxy) is 2. The summed E-state index contributed by atoms with van der Waals surface area (Å²) in [5.74, 6) is -1.18. The van der Waals surface area contributed by atoms with E-state index >= 15 is 0 Å². The predicted molar refractivity (Wildman–Crippen MR) is 93.5 cm³/mol. The van der Waals surface area contributed by atoms with Gasteiger partial charge in [-0.1, -0.05) is 35.4 Å². The number of alkyl halides is 1. The van der Waals surface area contributed by atoms with Gasteiger partial charge in [-0.15, -0.1) is 0 Å². The smallest absolute Gasteiger partial charge is 0.303 e. The Hall–Kier alpha value is -0.410. The summed E-state index contributed by atoms with van der Waals surface area (Å²) in [5, 5.41) is 11.1. The van der Waals surface area contributed by atoms with Crippen LogP contribution in [0.15, 0.2) is 0 Å². The fourth-order valence-corrected chi connectivity index (χ4v) is 2.22. The van der Waals surface area contributed by atoms with Crippen molar-refractivity contribution in [3.8, 4) is 0 Å². The van der Waals surface area contributed by atoms with Crippen molar-refractivity contribution in [2.75, 3.05) is 37.4 Å². The number of nitrogens with one attached hydrogen (secondary N) is 1. The van der Waals surface area contributed by atoms with Crippen LogP contribution < -0.4 is 5.32 Å². The highest BCUT2D eigenvalue weighted by atomic mass is 127. The van der Waals surface area contributed by atoms with Gasteiger partial charge in [0.2, 0.25) is 5.91 Å². The van der Waals surface area contributed by atoms with Gasteiger partial charge in [-0.3, -0.25) is 9.59 Å². The lowest BCUT2D eigenvalue weighted by Gasteiger charge is -2.07. The standard InChI is InChI=1S/C15H28INO5/c16-8-3-1-2-4-10-21-12-13-22-11-5-9-17-14(18)6-7-15(19)20/h1-13H2,(H,17,18)(H,19,20). The number of carbonyl (C=O) groups excluding carboxylic acids is 1. The third kappa shape index (κ3) is 17.6. The van der Waals surface area contributed by atoms with E-state index in [0.29, 0.717) is 26.4 Å². The second kappa shape index (κ2) is 17.0. The van der Waals surface area contributed by atoms with Crippen molar-refractivity contribution in [1.82, 2.24) is 5.32 Å². The molecule has 0 aromatic heterocycles. The number of carboxylic acid groups (broad SMARTS) is 1. The molecule has 0 bridgehead atoms. The van der Waals surface area contributed by atoms with E-state index in [2.05, 4.69) is 27.9 Å². The fourth-order valence-electron chi connectivity index (χ4n) is 1.69. The Morgan fingerprint density at radius 2 is 1.50 bits per heavy atom. The first kappa shape index (κ1) is 21.6. The van der Waals surface area contributed by atoms with Crippen molar-refractivity contribution in [1.29, 1.82) is 0 Å². The summed E-state index contributed by atoms with van der Waals surface area (Å²) in [7, 11) is 0. The van der Waals surface area contributed by atoms with Crippen molar-refractivity contribution < 1.29 is 24.2 Å². The zero-order valence-electron chi connectivity index (χ0n) is 13.2. The molecule has 7 heteroatoms. The van der Waals surface area contributed by atoms with Gasteiger partial charge in [0.1, 0.15) is 0 Å². The van der Waals surface area contributed by atoms with Gasteiger partial charge in [0, 0.05) is 26.2 Å². The molecule has 0 aliphatic carbocycles. The minimum Gasteiger partial charge on any atom is -0.481 e. The van der Waals surface area contributed by atoms with Gasteiger partial charge in [-0.05, 0) is 23.7 Å². The number of hydrogen-bond donors (Lipinski definition) is 2. The third-order valence-electron chi connectivity index (χ3n) is 2.90. The molecule has 0 saturated heterocycles. The van der Waals surface area contributed by atoms with E-state index in [1.807, 2.05) is 0 Å². The van der Waals surface area contributed by atoms with Gasteiger partial charge in [0.05, 0.1) is 19.6 Å². The Bertz CT molecular complexity index is 289. The topological polar surface area (TPSA) is 84.9 Å². The quantitative estimate of drug-likeness (QED) is 0.224. The predicted octanol–water partition coefficient (Wildman–Crippen LogP) is 2.39. The van der Waals surface area contributed by atoms with Gasteiger partial charge < -0.3 is 19.9 Å². The highest BCUT2D eigenvalue weighted by Crippen LogP contribution is 2.02. The summed E-state index contributed by atoms with van der Waals surface area (Å²) in [5.41, 5.74) is 0. The summed E-state index contributed by atoms with van der Waals surface area (Å²) in [6.07, 6.45) is 5.52.